The average Bonchev–Trinajstić information content (AvgIpc) is 2.15. The van der Waals surface area contributed by atoms with E-state index in [9.17, 15) is 0 Å². The molecule has 0 spiro atoms. The SMILES string of the molecule is C=CC(/C=C/CCCCO)=C\C(=C)C. The minimum atomic E-state index is 0.282. The third-order valence-corrected chi connectivity index (χ3v) is 1.74. The normalized spacial score (nSPS) is 12.0. The van der Waals surface area contributed by atoms with E-state index in [1.807, 2.05) is 25.2 Å². The molecule has 1 N–H and O–H groups in total. The van der Waals surface area contributed by atoms with Crippen molar-refractivity contribution in [3.8, 4) is 0 Å². The first kappa shape index (κ1) is 12.9. The van der Waals surface area contributed by atoms with Gasteiger partial charge < -0.3 is 5.11 Å². The Bertz CT molecular complexity index is 234. The van der Waals surface area contributed by atoms with Crippen LogP contribution in [0.1, 0.15) is 26.2 Å². The van der Waals surface area contributed by atoms with Gasteiger partial charge in [0.2, 0.25) is 0 Å². The molecule has 0 saturated carbocycles. The highest BCUT2D eigenvalue weighted by atomic mass is 16.2. The Morgan fingerprint density at radius 2 is 2.07 bits per heavy atom. The molecule has 0 heterocycles. The van der Waals surface area contributed by atoms with Gasteiger partial charge in [0.25, 0.3) is 0 Å². The zero-order valence-electron chi connectivity index (χ0n) is 9.00. The number of hydrogen-bond acceptors (Lipinski definition) is 1. The van der Waals surface area contributed by atoms with Gasteiger partial charge in [-0.15, -0.1) is 0 Å². The van der Waals surface area contributed by atoms with Gasteiger partial charge >= 0.3 is 0 Å². The summed E-state index contributed by atoms with van der Waals surface area (Å²) in [5.41, 5.74) is 2.11. The van der Waals surface area contributed by atoms with Crippen molar-refractivity contribution in [2.45, 2.75) is 26.2 Å². The maximum absolute atomic E-state index is 8.58. The number of allylic oxidation sites excluding steroid dienone is 6. The van der Waals surface area contributed by atoms with Crippen LogP contribution in [0.3, 0.4) is 0 Å². The molecule has 14 heavy (non-hydrogen) atoms. The Morgan fingerprint density at radius 1 is 1.36 bits per heavy atom. The van der Waals surface area contributed by atoms with E-state index in [-0.39, 0.29) is 6.61 Å². The molecule has 0 aliphatic carbocycles. The molecule has 0 aliphatic rings. The van der Waals surface area contributed by atoms with Crippen LogP contribution in [-0.4, -0.2) is 11.7 Å². The lowest BCUT2D eigenvalue weighted by molar-refractivity contribution is 0.285. The van der Waals surface area contributed by atoms with Crippen molar-refractivity contribution < 1.29 is 5.11 Å². The second-order valence-corrected chi connectivity index (χ2v) is 3.32. The van der Waals surface area contributed by atoms with E-state index in [1.54, 1.807) is 0 Å². The van der Waals surface area contributed by atoms with E-state index in [4.69, 9.17) is 5.11 Å². The van der Waals surface area contributed by atoms with Gasteiger partial charge in [0.05, 0.1) is 0 Å². The number of unbranched alkanes of at least 4 members (excludes halogenated alkanes) is 2. The van der Waals surface area contributed by atoms with Crippen molar-refractivity contribution in [3.63, 3.8) is 0 Å². The lowest BCUT2D eigenvalue weighted by Gasteiger charge is -1.94. The predicted octanol–water partition coefficient (Wildman–Crippen LogP) is 3.39. The van der Waals surface area contributed by atoms with Crippen LogP contribution in [0.4, 0.5) is 0 Å². The standard InChI is InChI=1S/C13H20O/c1-4-13(11-12(2)3)9-7-5-6-8-10-14/h4,7,9,11,14H,1-2,5-6,8,10H2,3H3/b9-7+,13-11+. The van der Waals surface area contributed by atoms with Crippen molar-refractivity contribution >= 4 is 0 Å². The molecular formula is C13H20O. The van der Waals surface area contributed by atoms with Gasteiger partial charge in [-0.1, -0.05) is 43.0 Å². The Labute approximate surface area is 87.2 Å². The molecule has 0 aromatic heterocycles. The molecule has 0 rings (SSSR count). The van der Waals surface area contributed by atoms with Crippen LogP contribution in [0.25, 0.3) is 0 Å². The fourth-order valence-corrected chi connectivity index (χ4v) is 1.05. The van der Waals surface area contributed by atoms with Gasteiger partial charge in [-0.3, -0.25) is 0 Å². The van der Waals surface area contributed by atoms with E-state index >= 15 is 0 Å². The van der Waals surface area contributed by atoms with E-state index in [0.717, 1.165) is 30.4 Å². The van der Waals surface area contributed by atoms with Crippen LogP contribution in [0, 0.1) is 0 Å². The predicted molar refractivity (Wildman–Crippen MR) is 63.2 cm³/mol. The van der Waals surface area contributed by atoms with Crippen molar-refractivity contribution in [2.24, 2.45) is 0 Å². The number of rotatable bonds is 7. The smallest absolute Gasteiger partial charge is 0.0431 e. The zero-order chi connectivity index (χ0) is 10.8. The highest BCUT2D eigenvalue weighted by molar-refractivity contribution is 5.34. The molecule has 0 aromatic rings. The average molecular weight is 192 g/mol. The van der Waals surface area contributed by atoms with E-state index in [1.165, 1.54) is 0 Å². The largest absolute Gasteiger partial charge is 0.396 e. The fourth-order valence-electron chi connectivity index (χ4n) is 1.05. The topological polar surface area (TPSA) is 20.2 Å². The molecule has 1 nitrogen and oxygen atoms in total. The number of hydrogen-bond donors (Lipinski definition) is 1. The summed E-state index contributed by atoms with van der Waals surface area (Å²) in [6.45, 7) is 9.78. The summed E-state index contributed by atoms with van der Waals surface area (Å²) in [7, 11) is 0. The molecule has 0 bridgehead atoms. The lowest BCUT2D eigenvalue weighted by atomic mass is 10.1. The minimum absolute atomic E-state index is 0.282. The molecule has 78 valence electrons. The van der Waals surface area contributed by atoms with Crippen LogP contribution in [0.5, 0.6) is 0 Å². The first-order chi connectivity index (χ1) is 6.70. The Morgan fingerprint density at radius 3 is 2.57 bits per heavy atom. The van der Waals surface area contributed by atoms with Crippen LogP contribution in [-0.2, 0) is 0 Å². The van der Waals surface area contributed by atoms with Crippen LogP contribution in [0.2, 0.25) is 0 Å². The second kappa shape index (κ2) is 8.52. The quantitative estimate of drug-likeness (QED) is 0.484. The highest BCUT2D eigenvalue weighted by Gasteiger charge is 1.86. The maximum atomic E-state index is 8.58. The Balaban J connectivity index is 3.93. The summed E-state index contributed by atoms with van der Waals surface area (Å²) in [5, 5.41) is 8.58. The molecule has 1 heteroatoms. The van der Waals surface area contributed by atoms with E-state index in [0.29, 0.717) is 0 Å². The minimum Gasteiger partial charge on any atom is -0.396 e. The van der Waals surface area contributed by atoms with Gasteiger partial charge in [-0.05, 0) is 31.8 Å². The molecule has 0 aromatic carbocycles. The van der Waals surface area contributed by atoms with Gasteiger partial charge in [0, 0.05) is 6.61 Å². The van der Waals surface area contributed by atoms with E-state index in [2.05, 4.69) is 19.2 Å². The van der Waals surface area contributed by atoms with Crippen molar-refractivity contribution in [1.29, 1.82) is 0 Å². The monoisotopic (exact) mass is 192 g/mol. The summed E-state index contributed by atoms with van der Waals surface area (Å²) in [4.78, 5) is 0. The fraction of sp³-hybridized carbons (Fsp3) is 0.385. The van der Waals surface area contributed by atoms with Crippen LogP contribution >= 0.6 is 0 Å². The number of aliphatic hydroxyl groups excluding tert-OH is 1. The first-order valence-electron chi connectivity index (χ1n) is 4.97. The molecule has 0 saturated heterocycles. The molecule has 0 fully saturated rings. The summed E-state index contributed by atoms with van der Waals surface area (Å²) in [5.74, 6) is 0. The van der Waals surface area contributed by atoms with E-state index < -0.39 is 0 Å². The summed E-state index contributed by atoms with van der Waals surface area (Å²) < 4.78 is 0. The third-order valence-electron chi connectivity index (χ3n) is 1.74. The lowest BCUT2D eigenvalue weighted by Crippen LogP contribution is -1.80. The van der Waals surface area contributed by atoms with Gasteiger partial charge in [0.1, 0.15) is 0 Å². The third kappa shape index (κ3) is 7.56. The Hall–Kier alpha value is -1.08. The summed E-state index contributed by atoms with van der Waals surface area (Å²) >= 11 is 0. The first-order valence-corrected chi connectivity index (χ1v) is 4.97. The highest BCUT2D eigenvalue weighted by Crippen LogP contribution is 2.05. The molecular weight excluding hydrogens is 172 g/mol. The second-order valence-electron chi connectivity index (χ2n) is 3.32. The van der Waals surface area contributed by atoms with Crippen molar-refractivity contribution in [2.75, 3.05) is 6.61 Å². The van der Waals surface area contributed by atoms with Gasteiger partial charge in [-0.25, -0.2) is 0 Å². The zero-order valence-corrected chi connectivity index (χ0v) is 9.00. The summed E-state index contributed by atoms with van der Waals surface area (Å²) in [6.07, 6.45) is 10.9. The molecule has 0 amide bonds. The molecule has 0 aliphatic heterocycles. The van der Waals surface area contributed by atoms with Crippen molar-refractivity contribution in [1.82, 2.24) is 0 Å². The summed E-state index contributed by atoms with van der Waals surface area (Å²) in [6, 6.07) is 0. The molecule has 0 unspecified atom stereocenters. The van der Waals surface area contributed by atoms with Gasteiger partial charge in [-0.2, -0.15) is 0 Å². The van der Waals surface area contributed by atoms with Gasteiger partial charge in [0.15, 0.2) is 0 Å². The molecule has 0 radical (unpaired) electrons. The van der Waals surface area contributed by atoms with Crippen LogP contribution < -0.4 is 0 Å². The Kier molecular flexibility index (Phi) is 7.86. The van der Waals surface area contributed by atoms with Crippen LogP contribution in [0.15, 0.2) is 48.6 Å². The maximum Gasteiger partial charge on any atom is 0.0431 e. The van der Waals surface area contributed by atoms with Crippen molar-refractivity contribution in [3.05, 3.63) is 48.6 Å². The number of aliphatic hydroxyl groups is 1. The molecule has 0 atom stereocenters.